The molecule has 2 aliphatic heterocycles. The molecule has 0 aromatic heterocycles. The molecule has 64 heavy (non-hydrogen) atoms. The number of amides is 2. The monoisotopic (exact) mass is 876 g/mol. The number of nitro benzene ring substituents is 2. The zero-order valence-electron chi connectivity index (χ0n) is 33.9. The average molecular weight is 877 g/mol. The number of ether oxygens (including phenoxy) is 6. The van der Waals surface area contributed by atoms with Crippen LogP contribution >= 0.6 is 0 Å². The Morgan fingerprint density at radius 2 is 1.22 bits per heavy atom. The van der Waals surface area contributed by atoms with Gasteiger partial charge in [-0.2, -0.15) is 0 Å². The van der Waals surface area contributed by atoms with Crippen molar-refractivity contribution in [2.24, 2.45) is 0 Å². The number of carbonyl (C=O) groups excluding carboxylic acids is 4. The molecule has 0 radical (unpaired) electrons. The van der Waals surface area contributed by atoms with Gasteiger partial charge in [0.05, 0.1) is 26.5 Å². The number of carbonyl (C=O) groups is 5. The largest absolute Gasteiger partial charge is 0.489 e. The molecule has 1 spiro atoms. The molecule has 2 amide bonds. The SMILES string of the molecule is CNC(=O)CCNC(=O)c1ccc2c(c1)C(=O)OC21c2ccc(OCc3cc(OCC(C)=O)ccc3[N+](=O)[O-])cc2Oc2cc(OCc3cc(OCC(=O)O)ccc3[N+](=O)[O-])ccc21. The predicted octanol–water partition coefficient (Wildman–Crippen LogP) is 5.53. The van der Waals surface area contributed by atoms with E-state index in [-0.39, 0.29) is 113 Å². The molecule has 1 atom stereocenters. The minimum absolute atomic E-state index is 0.0343. The van der Waals surface area contributed by atoms with E-state index in [4.69, 9.17) is 33.5 Å². The van der Waals surface area contributed by atoms with Gasteiger partial charge in [-0.05, 0) is 67.6 Å². The smallest absolute Gasteiger partial charge is 0.341 e. The highest BCUT2D eigenvalue weighted by molar-refractivity contribution is 6.01. The van der Waals surface area contributed by atoms with Crippen LogP contribution in [0.15, 0.2) is 91.0 Å². The Bertz CT molecular complexity index is 2620. The average Bonchev–Trinajstić information content (AvgIpc) is 3.56. The van der Waals surface area contributed by atoms with Crippen LogP contribution in [-0.4, -0.2) is 71.3 Å². The third-order valence-electron chi connectivity index (χ3n) is 10.0. The number of carboxylic acid groups (broad SMARTS) is 1. The van der Waals surface area contributed by atoms with Gasteiger partial charge in [-0.25, -0.2) is 9.59 Å². The molecule has 2 heterocycles. The number of aliphatic carboxylic acids is 1. The number of esters is 1. The van der Waals surface area contributed by atoms with Crippen LogP contribution in [0.2, 0.25) is 0 Å². The summed E-state index contributed by atoms with van der Waals surface area (Å²) in [5.41, 5.74) is -0.820. The first kappa shape index (κ1) is 43.5. The van der Waals surface area contributed by atoms with E-state index in [1.807, 2.05) is 0 Å². The third kappa shape index (κ3) is 9.05. The highest BCUT2D eigenvalue weighted by Crippen LogP contribution is 2.57. The fourth-order valence-corrected chi connectivity index (χ4v) is 7.07. The molecule has 3 N–H and O–H groups in total. The zero-order chi connectivity index (χ0) is 45.7. The second-order valence-corrected chi connectivity index (χ2v) is 14.3. The van der Waals surface area contributed by atoms with Crippen molar-refractivity contribution in [1.82, 2.24) is 10.6 Å². The summed E-state index contributed by atoms with van der Waals surface area (Å²) in [5.74, 6) is -2.21. The highest BCUT2D eigenvalue weighted by Gasteiger charge is 2.54. The number of hydrogen-bond acceptors (Lipinski definition) is 15. The molecular formula is C44H36N4O16. The lowest BCUT2D eigenvalue weighted by Crippen LogP contribution is -2.33. The van der Waals surface area contributed by atoms with Gasteiger partial charge in [0.25, 0.3) is 17.3 Å². The summed E-state index contributed by atoms with van der Waals surface area (Å²) in [6.07, 6.45) is 0.0343. The van der Waals surface area contributed by atoms with Gasteiger partial charge in [0.2, 0.25) is 5.91 Å². The van der Waals surface area contributed by atoms with Crippen molar-refractivity contribution < 1.29 is 67.3 Å². The van der Waals surface area contributed by atoms with Crippen molar-refractivity contribution >= 4 is 40.9 Å². The van der Waals surface area contributed by atoms with Crippen LogP contribution in [0, 0.1) is 20.2 Å². The molecule has 0 fully saturated rings. The summed E-state index contributed by atoms with van der Waals surface area (Å²) >= 11 is 0. The lowest BCUT2D eigenvalue weighted by atomic mass is 9.77. The molecule has 328 valence electrons. The first-order valence-corrected chi connectivity index (χ1v) is 19.3. The lowest BCUT2D eigenvalue weighted by molar-refractivity contribution is -0.386. The molecule has 20 nitrogen and oxygen atoms in total. The van der Waals surface area contributed by atoms with E-state index in [0.29, 0.717) is 16.7 Å². The van der Waals surface area contributed by atoms with Crippen molar-refractivity contribution in [3.63, 3.8) is 0 Å². The second kappa shape index (κ2) is 18.2. The molecule has 0 bridgehead atoms. The van der Waals surface area contributed by atoms with E-state index in [2.05, 4.69) is 10.6 Å². The number of nitro groups is 2. The summed E-state index contributed by atoms with van der Waals surface area (Å²) in [5, 5.41) is 37.9. The number of rotatable bonds is 18. The first-order valence-electron chi connectivity index (χ1n) is 19.3. The van der Waals surface area contributed by atoms with Crippen LogP contribution in [0.5, 0.6) is 34.5 Å². The maximum absolute atomic E-state index is 13.8. The zero-order valence-corrected chi connectivity index (χ0v) is 33.9. The van der Waals surface area contributed by atoms with E-state index in [0.717, 1.165) is 6.07 Å². The Labute approximate surface area is 361 Å². The normalized spacial score (nSPS) is 14.1. The summed E-state index contributed by atoms with van der Waals surface area (Å²) in [6.45, 7) is -0.219. The van der Waals surface area contributed by atoms with Gasteiger partial charge in [-0.1, -0.05) is 6.07 Å². The number of nitrogens with zero attached hydrogens (tertiary/aromatic N) is 2. The molecule has 0 aliphatic carbocycles. The summed E-state index contributed by atoms with van der Waals surface area (Å²) in [4.78, 5) is 83.7. The van der Waals surface area contributed by atoms with Crippen molar-refractivity contribution in [3.05, 3.63) is 150 Å². The number of Topliss-reactive ketones (excluding diaryl/α,β-unsaturated/α-hetero) is 1. The van der Waals surface area contributed by atoms with Crippen LogP contribution in [0.3, 0.4) is 0 Å². The standard InChI is InChI=1S/C44H36N4O16/c1-24(49)20-59-28-6-11-36(47(55)56)26(15-28)21-60-30-4-9-34-38(18-30)63-39-19-31(61-22-27-16-29(62-23-41(51)52)7-12-37(27)48(57)58)5-10-35(39)44(34)33-8-3-25(17-32(33)43(54)64-44)42(53)46-14-13-40(50)45-2/h3-12,15-19H,13-14,20-23H2,1-2H3,(H,45,50)(H,46,53)(H,51,52). The van der Waals surface area contributed by atoms with E-state index in [1.54, 1.807) is 24.3 Å². The number of ketones is 1. The van der Waals surface area contributed by atoms with Gasteiger partial charge < -0.3 is 44.2 Å². The van der Waals surface area contributed by atoms with Crippen molar-refractivity contribution in [2.45, 2.75) is 32.2 Å². The predicted molar refractivity (Wildman–Crippen MR) is 220 cm³/mol. The molecule has 0 saturated carbocycles. The highest BCUT2D eigenvalue weighted by atomic mass is 16.6. The molecule has 5 aromatic carbocycles. The summed E-state index contributed by atoms with van der Waals surface area (Å²) < 4.78 is 35.4. The Balaban J connectivity index is 1.24. The molecular weight excluding hydrogens is 840 g/mol. The Morgan fingerprint density at radius 3 is 1.73 bits per heavy atom. The number of hydrogen-bond donors (Lipinski definition) is 3. The number of benzene rings is 5. The van der Waals surface area contributed by atoms with E-state index < -0.39 is 39.9 Å². The Hall–Kier alpha value is -8.55. The van der Waals surface area contributed by atoms with Crippen LogP contribution in [0.4, 0.5) is 11.4 Å². The van der Waals surface area contributed by atoms with Gasteiger partial charge in [0, 0.05) is 66.5 Å². The maximum Gasteiger partial charge on any atom is 0.341 e. The maximum atomic E-state index is 13.8. The molecule has 2 aliphatic rings. The number of nitrogens with one attached hydrogen (secondary N) is 2. The van der Waals surface area contributed by atoms with Gasteiger partial charge in [-0.15, -0.1) is 0 Å². The minimum Gasteiger partial charge on any atom is -0.489 e. The van der Waals surface area contributed by atoms with Gasteiger partial charge in [0.15, 0.2) is 18.0 Å². The van der Waals surface area contributed by atoms with E-state index in [1.165, 1.54) is 74.6 Å². The van der Waals surface area contributed by atoms with Gasteiger partial charge in [-0.3, -0.25) is 34.6 Å². The topological polar surface area (TPSA) is 271 Å². The first-order chi connectivity index (χ1) is 30.7. The van der Waals surface area contributed by atoms with Gasteiger partial charge >= 0.3 is 11.9 Å². The number of fused-ring (bicyclic) bond motifs is 6. The molecule has 5 aromatic rings. The van der Waals surface area contributed by atoms with Crippen molar-refractivity contribution in [3.8, 4) is 34.5 Å². The molecule has 1 unspecified atom stereocenters. The van der Waals surface area contributed by atoms with Crippen LogP contribution in [-0.2, 0) is 37.9 Å². The molecule has 0 saturated heterocycles. The van der Waals surface area contributed by atoms with E-state index >= 15 is 0 Å². The number of carboxylic acids is 1. The Kier molecular flexibility index (Phi) is 12.4. The van der Waals surface area contributed by atoms with Crippen molar-refractivity contribution in [1.29, 1.82) is 0 Å². The third-order valence-corrected chi connectivity index (χ3v) is 10.0. The fourth-order valence-electron chi connectivity index (χ4n) is 7.07. The Morgan fingerprint density at radius 1 is 0.703 bits per heavy atom. The van der Waals surface area contributed by atoms with Crippen LogP contribution < -0.4 is 34.3 Å². The minimum atomic E-state index is -1.67. The summed E-state index contributed by atoms with van der Waals surface area (Å²) in [7, 11) is 1.47. The summed E-state index contributed by atoms with van der Waals surface area (Å²) in [6, 6.07) is 21.4. The van der Waals surface area contributed by atoms with Crippen LogP contribution in [0.1, 0.15) is 61.9 Å². The van der Waals surface area contributed by atoms with E-state index in [9.17, 15) is 44.2 Å². The quantitative estimate of drug-likeness (QED) is 0.0555. The fraction of sp³-hybridized carbons (Fsp3) is 0.205. The molecule has 20 heteroatoms. The van der Waals surface area contributed by atoms with Crippen molar-refractivity contribution in [2.75, 3.05) is 26.8 Å². The van der Waals surface area contributed by atoms with Crippen LogP contribution in [0.25, 0.3) is 0 Å². The molecule has 7 rings (SSSR count). The second-order valence-electron chi connectivity index (χ2n) is 14.3. The lowest BCUT2D eigenvalue weighted by Gasteiger charge is -2.36. The van der Waals surface area contributed by atoms with Gasteiger partial charge in [0.1, 0.15) is 54.3 Å².